The van der Waals surface area contributed by atoms with E-state index in [1.165, 1.54) is 18.4 Å². The molecule has 0 aliphatic rings. The molecule has 0 saturated carbocycles. The highest BCUT2D eigenvalue weighted by molar-refractivity contribution is 5.57. The highest BCUT2D eigenvalue weighted by atomic mass is 15.1. The molecule has 0 aliphatic carbocycles. The maximum atomic E-state index is 4.37. The van der Waals surface area contributed by atoms with Crippen molar-refractivity contribution in [2.45, 2.75) is 53.4 Å². The smallest absolute Gasteiger partial charge is 0.134 e. The second-order valence-corrected chi connectivity index (χ2v) is 5.29. The fourth-order valence-corrected chi connectivity index (χ4v) is 2.01. The molecule has 0 aromatic carbocycles. The third kappa shape index (κ3) is 5.45. The van der Waals surface area contributed by atoms with Gasteiger partial charge in [-0.3, -0.25) is 0 Å². The van der Waals surface area contributed by atoms with Crippen LogP contribution in [0, 0.1) is 5.92 Å². The van der Waals surface area contributed by atoms with Crippen LogP contribution in [0.3, 0.4) is 0 Å². The van der Waals surface area contributed by atoms with Crippen molar-refractivity contribution in [3.05, 3.63) is 11.9 Å². The van der Waals surface area contributed by atoms with Gasteiger partial charge in [0.25, 0.3) is 0 Å². The second kappa shape index (κ2) is 8.73. The lowest BCUT2D eigenvalue weighted by atomic mass is 10.1. The second-order valence-electron chi connectivity index (χ2n) is 5.29. The van der Waals surface area contributed by atoms with E-state index in [9.17, 15) is 0 Å². The Morgan fingerprint density at radius 1 is 1.05 bits per heavy atom. The maximum absolute atomic E-state index is 4.37. The van der Waals surface area contributed by atoms with Crippen molar-refractivity contribution in [3.63, 3.8) is 0 Å². The molecule has 0 amide bonds. The van der Waals surface area contributed by atoms with Gasteiger partial charge in [0.1, 0.15) is 18.0 Å². The lowest BCUT2D eigenvalue weighted by Gasteiger charge is -2.14. The van der Waals surface area contributed by atoms with Crippen LogP contribution in [0.5, 0.6) is 0 Å². The number of aromatic nitrogens is 2. The predicted octanol–water partition coefficient (Wildman–Crippen LogP) is 3.71. The first kappa shape index (κ1) is 15.7. The van der Waals surface area contributed by atoms with Gasteiger partial charge in [0.2, 0.25) is 0 Å². The molecule has 1 rings (SSSR count). The van der Waals surface area contributed by atoms with E-state index in [4.69, 9.17) is 0 Å². The molecular formula is C15H28N4. The molecule has 2 N–H and O–H groups in total. The topological polar surface area (TPSA) is 49.8 Å². The summed E-state index contributed by atoms with van der Waals surface area (Å²) < 4.78 is 0. The Morgan fingerprint density at radius 2 is 1.68 bits per heavy atom. The van der Waals surface area contributed by atoms with Gasteiger partial charge >= 0.3 is 0 Å². The van der Waals surface area contributed by atoms with Crippen LogP contribution in [0.2, 0.25) is 0 Å². The summed E-state index contributed by atoms with van der Waals surface area (Å²) in [6.07, 6.45) is 6.12. The number of hydrogen-bond acceptors (Lipinski definition) is 4. The number of hydrogen-bond donors (Lipinski definition) is 2. The number of nitrogens with one attached hydrogen (secondary N) is 2. The molecule has 1 aromatic rings. The van der Waals surface area contributed by atoms with Crippen molar-refractivity contribution in [3.8, 4) is 0 Å². The molecule has 0 fully saturated rings. The van der Waals surface area contributed by atoms with Gasteiger partial charge < -0.3 is 10.6 Å². The Morgan fingerprint density at radius 3 is 2.21 bits per heavy atom. The molecule has 0 bridgehead atoms. The fourth-order valence-electron chi connectivity index (χ4n) is 2.01. The molecule has 0 spiro atoms. The van der Waals surface area contributed by atoms with Gasteiger partial charge in [0.05, 0.1) is 0 Å². The molecule has 0 atom stereocenters. The summed E-state index contributed by atoms with van der Waals surface area (Å²) in [6.45, 7) is 10.8. The van der Waals surface area contributed by atoms with Crippen molar-refractivity contribution < 1.29 is 0 Å². The maximum Gasteiger partial charge on any atom is 0.134 e. The van der Waals surface area contributed by atoms with Crippen LogP contribution in [0.25, 0.3) is 0 Å². The van der Waals surface area contributed by atoms with E-state index in [0.717, 1.165) is 43.5 Å². The quantitative estimate of drug-likeness (QED) is 0.668. The first-order valence-electron chi connectivity index (χ1n) is 7.50. The van der Waals surface area contributed by atoms with E-state index in [0.29, 0.717) is 0 Å². The molecule has 0 aliphatic heterocycles. The van der Waals surface area contributed by atoms with Gasteiger partial charge in [-0.15, -0.1) is 0 Å². The molecule has 0 unspecified atom stereocenters. The van der Waals surface area contributed by atoms with Crippen LogP contribution < -0.4 is 10.6 Å². The average Bonchev–Trinajstić information content (AvgIpc) is 2.41. The summed E-state index contributed by atoms with van der Waals surface area (Å²) in [4.78, 5) is 8.71. The van der Waals surface area contributed by atoms with Crippen molar-refractivity contribution in [1.82, 2.24) is 9.97 Å². The third-order valence-corrected chi connectivity index (χ3v) is 3.09. The van der Waals surface area contributed by atoms with Crippen molar-refractivity contribution in [2.75, 3.05) is 23.7 Å². The van der Waals surface area contributed by atoms with E-state index < -0.39 is 0 Å². The minimum atomic E-state index is 0.764. The summed E-state index contributed by atoms with van der Waals surface area (Å²) in [5.74, 6) is 2.73. The molecule has 19 heavy (non-hydrogen) atoms. The van der Waals surface area contributed by atoms with Crippen LogP contribution >= 0.6 is 0 Å². The van der Waals surface area contributed by atoms with Crippen molar-refractivity contribution in [2.24, 2.45) is 5.92 Å². The van der Waals surface area contributed by atoms with Crippen molar-refractivity contribution in [1.29, 1.82) is 0 Å². The predicted molar refractivity (Wildman–Crippen MR) is 82.8 cm³/mol. The van der Waals surface area contributed by atoms with Gasteiger partial charge in [-0.1, -0.05) is 27.7 Å². The summed E-state index contributed by atoms with van der Waals surface area (Å²) >= 11 is 0. The van der Waals surface area contributed by atoms with E-state index >= 15 is 0 Å². The van der Waals surface area contributed by atoms with Gasteiger partial charge in [0, 0.05) is 18.7 Å². The van der Waals surface area contributed by atoms with E-state index in [1.807, 2.05) is 0 Å². The Kier molecular flexibility index (Phi) is 7.23. The Labute approximate surface area is 117 Å². The molecule has 4 heteroatoms. The summed E-state index contributed by atoms with van der Waals surface area (Å²) in [5, 5.41) is 6.82. The minimum Gasteiger partial charge on any atom is -0.370 e. The van der Waals surface area contributed by atoms with E-state index in [2.05, 4.69) is 48.3 Å². The molecule has 0 saturated heterocycles. The zero-order valence-corrected chi connectivity index (χ0v) is 12.8. The average molecular weight is 264 g/mol. The highest BCUT2D eigenvalue weighted by Gasteiger charge is 2.08. The first-order valence-corrected chi connectivity index (χ1v) is 7.50. The van der Waals surface area contributed by atoms with E-state index in [1.54, 1.807) is 6.33 Å². The lowest BCUT2D eigenvalue weighted by molar-refractivity contribution is 0.566. The van der Waals surface area contributed by atoms with Gasteiger partial charge in [0.15, 0.2) is 0 Å². The summed E-state index contributed by atoms with van der Waals surface area (Å²) in [6, 6.07) is 0. The monoisotopic (exact) mass is 264 g/mol. The Hall–Kier alpha value is -1.32. The minimum absolute atomic E-state index is 0.764. The Balaban J connectivity index is 2.61. The van der Waals surface area contributed by atoms with Gasteiger partial charge in [-0.2, -0.15) is 0 Å². The fraction of sp³-hybridized carbons (Fsp3) is 0.733. The van der Waals surface area contributed by atoms with Crippen LogP contribution in [0.1, 0.15) is 52.5 Å². The van der Waals surface area contributed by atoms with Gasteiger partial charge in [-0.25, -0.2) is 9.97 Å². The molecule has 108 valence electrons. The largest absolute Gasteiger partial charge is 0.370 e. The molecule has 1 heterocycles. The van der Waals surface area contributed by atoms with Crippen LogP contribution in [0.4, 0.5) is 11.6 Å². The molecular weight excluding hydrogens is 236 g/mol. The summed E-state index contributed by atoms with van der Waals surface area (Å²) in [7, 11) is 0. The molecule has 1 aromatic heterocycles. The number of anilines is 2. The van der Waals surface area contributed by atoms with E-state index in [-0.39, 0.29) is 0 Å². The zero-order valence-electron chi connectivity index (χ0n) is 12.8. The van der Waals surface area contributed by atoms with Crippen molar-refractivity contribution >= 4 is 11.6 Å². The lowest BCUT2D eigenvalue weighted by Crippen LogP contribution is -2.11. The number of nitrogens with zero attached hydrogens (tertiary/aromatic N) is 2. The van der Waals surface area contributed by atoms with Crippen LogP contribution in [0.15, 0.2) is 6.33 Å². The third-order valence-electron chi connectivity index (χ3n) is 3.09. The standard InChI is InChI=1S/C15H28N4/c1-5-9-16-14-13(6-2)15(19-11-18-14)17-10-7-8-12(3)4/h11-12H,5-10H2,1-4H3,(H2,16,17,18,19). The molecule has 4 nitrogen and oxygen atoms in total. The van der Waals surface area contributed by atoms with Crippen LogP contribution in [-0.2, 0) is 6.42 Å². The summed E-state index contributed by atoms with van der Waals surface area (Å²) in [5.41, 5.74) is 1.19. The zero-order chi connectivity index (χ0) is 14.1. The highest BCUT2D eigenvalue weighted by Crippen LogP contribution is 2.20. The Bertz CT molecular complexity index is 363. The molecule has 0 radical (unpaired) electrons. The van der Waals surface area contributed by atoms with Gasteiger partial charge in [-0.05, 0) is 31.6 Å². The number of rotatable bonds is 9. The SMILES string of the molecule is CCCNc1ncnc(NCCCC(C)C)c1CC. The normalized spacial score (nSPS) is 10.8. The van der Waals surface area contributed by atoms with Crippen LogP contribution in [-0.4, -0.2) is 23.1 Å². The first-order chi connectivity index (χ1) is 9.19.